The van der Waals surface area contributed by atoms with Crippen LogP contribution in [0.3, 0.4) is 0 Å². The van der Waals surface area contributed by atoms with E-state index < -0.39 is 23.7 Å². The third-order valence-corrected chi connectivity index (χ3v) is 7.12. The largest absolute Gasteiger partial charge is 0.481 e. The summed E-state index contributed by atoms with van der Waals surface area (Å²) < 4.78 is 45.4. The molecule has 0 aromatic carbocycles. The fourth-order valence-corrected chi connectivity index (χ4v) is 4.86. The van der Waals surface area contributed by atoms with Gasteiger partial charge in [-0.25, -0.2) is 23.1 Å². The normalized spacial score (nSPS) is 17.5. The van der Waals surface area contributed by atoms with E-state index in [2.05, 4.69) is 15.3 Å². The van der Waals surface area contributed by atoms with Crippen LogP contribution in [0.4, 0.5) is 19.0 Å². The van der Waals surface area contributed by atoms with Crippen LogP contribution in [0.1, 0.15) is 62.1 Å². The van der Waals surface area contributed by atoms with Crippen molar-refractivity contribution in [2.24, 2.45) is 0 Å². The molecule has 0 fully saturated rings. The molecule has 7 nitrogen and oxygen atoms in total. The first-order chi connectivity index (χ1) is 18.0. The van der Waals surface area contributed by atoms with Gasteiger partial charge in [-0.1, -0.05) is 6.07 Å². The minimum atomic E-state index is -2.61. The fraction of sp³-hybridized carbons (Fsp3) is 0.429. The molecule has 3 aromatic rings. The number of hydrogen-bond donors (Lipinski definition) is 1. The molecule has 0 spiro atoms. The van der Waals surface area contributed by atoms with Gasteiger partial charge in [-0.05, 0) is 58.2 Å². The van der Waals surface area contributed by atoms with E-state index in [0.29, 0.717) is 13.1 Å². The third-order valence-electron chi connectivity index (χ3n) is 7.12. The Hall–Kier alpha value is -3.69. The molecule has 0 unspecified atom stereocenters. The highest BCUT2D eigenvalue weighted by Gasteiger charge is 2.35. The maximum atomic E-state index is 14.5. The standard InChI is InChI=1S/C28H32F3N5O2/c1-6-36(27(37)16(2)20-12-24(38-5)33-14-22(20)29)15-28(4)10-9-18-11-21(17(3)34-26(18)35-28)19-7-8-23(25(30)31)32-13-19/h7-8,11-14,16,25H,6,9-10,15H2,1-5H3,(H,34,35)/t16-,28-/m1/s1. The molecule has 0 radical (unpaired) electrons. The smallest absolute Gasteiger partial charge is 0.280 e. The molecule has 0 aliphatic carbocycles. The number of nitrogens with one attached hydrogen (secondary N) is 1. The lowest BCUT2D eigenvalue weighted by atomic mass is 9.87. The average Bonchev–Trinajstić information content (AvgIpc) is 2.91. The highest BCUT2D eigenvalue weighted by atomic mass is 19.3. The van der Waals surface area contributed by atoms with Gasteiger partial charge in [-0.15, -0.1) is 0 Å². The molecule has 3 aromatic heterocycles. The zero-order chi connectivity index (χ0) is 27.6. The van der Waals surface area contributed by atoms with Gasteiger partial charge in [0, 0.05) is 47.7 Å². The number of aromatic nitrogens is 3. The molecule has 0 saturated heterocycles. The number of likely N-dealkylation sites (N-methyl/N-ethyl adjacent to an activating group) is 1. The summed E-state index contributed by atoms with van der Waals surface area (Å²) in [5.74, 6) is -0.456. The zero-order valence-corrected chi connectivity index (χ0v) is 22.2. The van der Waals surface area contributed by atoms with Crippen molar-refractivity contribution in [2.75, 3.05) is 25.5 Å². The van der Waals surface area contributed by atoms with Crippen molar-refractivity contribution >= 4 is 11.7 Å². The van der Waals surface area contributed by atoms with Gasteiger partial charge in [0.2, 0.25) is 11.8 Å². The van der Waals surface area contributed by atoms with Crippen LogP contribution in [-0.4, -0.2) is 51.5 Å². The van der Waals surface area contributed by atoms with Crippen LogP contribution in [0.25, 0.3) is 11.1 Å². The van der Waals surface area contributed by atoms with Crippen LogP contribution >= 0.6 is 0 Å². The molecular formula is C28H32F3N5O2. The van der Waals surface area contributed by atoms with Crippen molar-refractivity contribution in [2.45, 2.75) is 58.4 Å². The van der Waals surface area contributed by atoms with Gasteiger partial charge in [0.1, 0.15) is 17.3 Å². The number of amides is 1. The van der Waals surface area contributed by atoms with Crippen molar-refractivity contribution < 1.29 is 22.7 Å². The van der Waals surface area contributed by atoms with E-state index in [4.69, 9.17) is 9.72 Å². The lowest BCUT2D eigenvalue weighted by molar-refractivity contribution is -0.133. The summed E-state index contributed by atoms with van der Waals surface area (Å²) in [6.45, 7) is 8.37. The summed E-state index contributed by atoms with van der Waals surface area (Å²) >= 11 is 0. The zero-order valence-electron chi connectivity index (χ0n) is 22.2. The maximum absolute atomic E-state index is 14.5. The second kappa shape index (κ2) is 11.0. The number of methoxy groups -OCH3 is 1. The number of carbonyl (C=O) groups is 1. The molecule has 4 rings (SSSR count). The highest BCUT2D eigenvalue weighted by molar-refractivity contribution is 5.83. The molecule has 202 valence electrons. The Labute approximate surface area is 220 Å². The van der Waals surface area contributed by atoms with E-state index >= 15 is 0 Å². The second-order valence-electron chi connectivity index (χ2n) is 9.91. The Morgan fingerprint density at radius 1 is 1.24 bits per heavy atom. The predicted molar refractivity (Wildman–Crippen MR) is 139 cm³/mol. The number of aryl methyl sites for hydroxylation is 2. The molecule has 38 heavy (non-hydrogen) atoms. The number of ether oxygens (including phenoxy) is 1. The Morgan fingerprint density at radius 3 is 2.63 bits per heavy atom. The fourth-order valence-electron chi connectivity index (χ4n) is 4.86. The number of pyridine rings is 3. The van der Waals surface area contributed by atoms with E-state index in [1.165, 1.54) is 25.4 Å². The number of carbonyl (C=O) groups excluding carboxylic acids is 1. The number of fused-ring (bicyclic) bond motifs is 1. The third kappa shape index (κ3) is 5.58. The molecule has 2 atom stereocenters. The van der Waals surface area contributed by atoms with Gasteiger partial charge >= 0.3 is 0 Å². The molecule has 1 amide bonds. The molecule has 1 aliphatic rings. The van der Waals surface area contributed by atoms with Crippen LogP contribution in [-0.2, 0) is 11.2 Å². The van der Waals surface area contributed by atoms with Crippen molar-refractivity contribution in [1.29, 1.82) is 0 Å². The van der Waals surface area contributed by atoms with Crippen LogP contribution in [0.5, 0.6) is 5.88 Å². The second-order valence-corrected chi connectivity index (χ2v) is 9.91. The van der Waals surface area contributed by atoms with Crippen molar-refractivity contribution in [3.05, 3.63) is 65.0 Å². The molecule has 1 N–H and O–H groups in total. The van der Waals surface area contributed by atoms with E-state index in [0.717, 1.165) is 47.2 Å². The summed E-state index contributed by atoms with van der Waals surface area (Å²) in [6, 6.07) is 6.45. The number of alkyl halides is 2. The van der Waals surface area contributed by atoms with Crippen LogP contribution in [0, 0.1) is 12.7 Å². The number of anilines is 1. The summed E-state index contributed by atoms with van der Waals surface area (Å²) in [6.07, 6.45) is 1.37. The topological polar surface area (TPSA) is 80.2 Å². The minimum absolute atomic E-state index is 0.187. The van der Waals surface area contributed by atoms with Gasteiger partial charge in [-0.3, -0.25) is 9.78 Å². The van der Waals surface area contributed by atoms with Crippen LogP contribution in [0.2, 0.25) is 0 Å². The number of rotatable bonds is 8. The Bertz CT molecular complexity index is 1320. The molecule has 4 heterocycles. The Morgan fingerprint density at radius 2 is 2.00 bits per heavy atom. The SMILES string of the molecule is CCN(C[C@@]1(C)CCc2cc(-c3ccc(C(F)F)nc3)c(C)nc2N1)C(=O)[C@H](C)c1cc(OC)ncc1F. The van der Waals surface area contributed by atoms with Gasteiger partial charge in [0.15, 0.2) is 0 Å². The van der Waals surface area contributed by atoms with E-state index in [1.807, 2.05) is 26.8 Å². The van der Waals surface area contributed by atoms with E-state index in [-0.39, 0.29) is 23.0 Å². The lowest BCUT2D eigenvalue weighted by Gasteiger charge is -2.40. The van der Waals surface area contributed by atoms with Gasteiger partial charge < -0.3 is 15.0 Å². The van der Waals surface area contributed by atoms with E-state index in [9.17, 15) is 18.0 Å². The maximum Gasteiger partial charge on any atom is 0.280 e. The quantitative estimate of drug-likeness (QED) is 0.405. The Kier molecular flexibility index (Phi) is 7.89. The van der Waals surface area contributed by atoms with Gasteiger partial charge in [-0.2, -0.15) is 0 Å². The van der Waals surface area contributed by atoms with Crippen LogP contribution in [0.15, 0.2) is 36.7 Å². The molecule has 10 heteroatoms. The summed E-state index contributed by atoms with van der Waals surface area (Å²) in [5, 5.41) is 3.52. The van der Waals surface area contributed by atoms with Crippen molar-refractivity contribution in [3.8, 4) is 17.0 Å². The highest BCUT2D eigenvalue weighted by Crippen LogP contribution is 2.35. The summed E-state index contributed by atoms with van der Waals surface area (Å²) in [5.41, 5.74) is 2.86. The first kappa shape index (κ1) is 27.3. The lowest BCUT2D eigenvalue weighted by Crippen LogP contribution is -2.51. The first-order valence-electron chi connectivity index (χ1n) is 12.6. The van der Waals surface area contributed by atoms with Crippen molar-refractivity contribution in [1.82, 2.24) is 19.9 Å². The number of hydrogen-bond acceptors (Lipinski definition) is 6. The van der Waals surface area contributed by atoms with Crippen molar-refractivity contribution in [3.63, 3.8) is 0 Å². The van der Waals surface area contributed by atoms with Gasteiger partial charge in [0.05, 0.1) is 24.8 Å². The Balaban J connectivity index is 1.52. The molecule has 1 aliphatic heterocycles. The predicted octanol–water partition coefficient (Wildman–Crippen LogP) is 5.70. The summed E-state index contributed by atoms with van der Waals surface area (Å²) in [4.78, 5) is 27.7. The molecule has 0 bridgehead atoms. The van der Waals surface area contributed by atoms with Gasteiger partial charge in [0.25, 0.3) is 6.43 Å². The monoisotopic (exact) mass is 527 g/mol. The average molecular weight is 528 g/mol. The number of halogens is 3. The molecule has 0 saturated carbocycles. The van der Waals surface area contributed by atoms with E-state index in [1.54, 1.807) is 17.9 Å². The summed E-state index contributed by atoms with van der Waals surface area (Å²) in [7, 11) is 1.45. The first-order valence-corrected chi connectivity index (χ1v) is 12.6. The molecular weight excluding hydrogens is 495 g/mol. The minimum Gasteiger partial charge on any atom is -0.481 e. The number of nitrogens with zero attached hydrogens (tertiary/aromatic N) is 4. The van der Waals surface area contributed by atoms with Crippen LogP contribution < -0.4 is 10.1 Å².